The van der Waals surface area contributed by atoms with Crippen molar-refractivity contribution in [2.24, 2.45) is 0 Å². The minimum absolute atomic E-state index is 0.0309. The van der Waals surface area contributed by atoms with E-state index in [0.717, 1.165) is 59.7 Å². The maximum absolute atomic E-state index is 12.0. The van der Waals surface area contributed by atoms with Gasteiger partial charge in [-0.25, -0.2) is 0 Å². The smallest absolute Gasteiger partial charge is 0.163 e. The van der Waals surface area contributed by atoms with Crippen molar-refractivity contribution in [3.8, 4) is 5.75 Å². The van der Waals surface area contributed by atoms with E-state index in [1.807, 2.05) is 12.1 Å². The number of rotatable bonds is 5. The van der Waals surface area contributed by atoms with Crippen LogP contribution in [0, 0.1) is 0 Å². The summed E-state index contributed by atoms with van der Waals surface area (Å²) in [5.41, 5.74) is 4.58. The van der Waals surface area contributed by atoms with Crippen LogP contribution in [0.25, 0.3) is 21.8 Å². The standard InChI is InChI=1S/C22H26N2O3/c1-13(25)16-11-17-19(12-21(16)27)24(10-4-9-23(2)3)18-7-5-14-15(22(17)18)6-8-20(14)26/h5,7,11-12,20,26-27H,4,6,8-10H2,1-3H3. The second-order valence-electron chi connectivity index (χ2n) is 7.83. The minimum Gasteiger partial charge on any atom is -0.507 e. The van der Waals surface area contributed by atoms with E-state index in [4.69, 9.17) is 0 Å². The number of fused-ring (bicyclic) bond motifs is 5. The summed E-state index contributed by atoms with van der Waals surface area (Å²) < 4.78 is 2.24. The lowest BCUT2D eigenvalue weighted by molar-refractivity contribution is 0.101. The molecule has 1 aromatic heterocycles. The highest BCUT2D eigenvalue weighted by Crippen LogP contribution is 2.42. The Hall–Kier alpha value is -2.37. The first-order valence-electron chi connectivity index (χ1n) is 9.53. The number of benzene rings is 2. The van der Waals surface area contributed by atoms with Crippen molar-refractivity contribution in [2.45, 2.75) is 38.8 Å². The third-order valence-corrected chi connectivity index (χ3v) is 5.69. The summed E-state index contributed by atoms with van der Waals surface area (Å²) >= 11 is 0. The van der Waals surface area contributed by atoms with E-state index in [1.165, 1.54) is 12.5 Å². The molecule has 1 heterocycles. The molecule has 142 valence electrons. The van der Waals surface area contributed by atoms with Gasteiger partial charge in [0.1, 0.15) is 5.75 Å². The number of hydrogen-bond donors (Lipinski definition) is 2. The molecule has 0 amide bonds. The van der Waals surface area contributed by atoms with Crippen LogP contribution in [0.2, 0.25) is 0 Å². The van der Waals surface area contributed by atoms with Gasteiger partial charge in [0.2, 0.25) is 0 Å². The van der Waals surface area contributed by atoms with Gasteiger partial charge in [-0.05, 0) is 70.1 Å². The fourth-order valence-corrected chi connectivity index (χ4v) is 4.39. The Bertz CT molecular complexity index is 1050. The SMILES string of the molecule is CC(=O)c1cc2c3c4c(ccc3n(CCCN(C)C)c2cc1O)C(O)CC4. The lowest BCUT2D eigenvalue weighted by atomic mass is 10.00. The minimum atomic E-state index is -0.416. The molecule has 5 heteroatoms. The summed E-state index contributed by atoms with van der Waals surface area (Å²) in [6, 6.07) is 7.65. The van der Waals surface area contributed by atoms with Crippen molar-refractivity contribution in [1.29, 1.82) is 0 Å². The van der Waals surface area contributed by atoms with Gasteiger partial charge in [0.25, 0.3) is 0 Å². The molecule has 0 spiro atoms. The van der Waals surface area contributed by atoms with Crippen molar-refractivity contribution in [2.75, 3.05) is 20.6 Å². The Kier molecular flexibility index (Phi) is 4.44. The largest absolute Gasteiger partial charge is 0.507 e. The van der Waals surface area contributed by atoms with Gasteiger partial charge in [-0.1, -0.05) is 6.07 Å². The van der Waals surface area contributed by atoms with Crippen LogP contribution in [0.15, 0.2) is 24.3 Å². The summed E-state index contributed by atoms with van der Waals surface area (Å²) in [6.07, 6.45) is 2.14. The summed E-state index contributed by atoms with van der Waals surface area (Å²) in [6.45, 7) is 3.28. The molecule has 1 atom stereocenters. The van der Waals surface area contributed by atoms with E-state index in [9.17, 15) is 15.0 Å². The van der Waals surface area contributed by atoms with Gasteiger partial charge in [0.05, 0.1) is 17.2 Å². The second kappa shape index (κ2) is 6.66. The van der Waals surface area contributed by atoms with Crippen molar-refractivity contribution >= 4 is 27.6 Å². The number of carbonyl (C=O) groups excluding carboxylic acids is 1. The Morgan fingerprint density at radius 3 is 2.74 bits per heavy atom. The number of aliphatic hydroxyl groups is 1. The number of hydrogen-bond acceptors (Lipinski definition) is 4. The zero-order valence-electron chi connectivity index (χ0n) is 16.1. The van der Waals surface area contributed by atoms with Gasteiger partial charge in [-0.2, -0.15) is 0 Å². The van der Waals surface area contributed by atoms with E-state index < -0.39 is 6.10 Å². The van der Waals surface area contributed by atoms with E-state index in [2.05, 4.69) is 29.6 Å². The molecule has 4 rings (SSSR count). The highest BCUT2D eigenvalue weighted by atomic mass is 16.3. The number of Topliss-reactive ketones (excluding diaryl/α,β-unsaturated/α-hetero) is 1. The lowest BCUT2D eigenvalue weighted by Crippen LogP contribution is -2.15. The van der Waals surface area contributed by atoms with E-state index in [-0.39, 0.29) is 11.5 Å². The maximum atomic E-state index is 12.0. The fourth-order valence-electron chi connectivity index (χ4n) is 4.39. The summed E-state index contributed by atoms with van der Waals surface area (Å²) in [5, 5.41) is 22.8. The van der Waals surface area contributed by atoms with Crippen LogP contribution >= 0.6 is 0 Å². The molecule has 1 aliphatic rings. The average Bonchev–Trinajstić information content (AvgIpc) is 3.12. The maximum Gasteiger partial charge on any atom is 0.163 e. The van der Waals surface area contributed by atoms with Gasteiger partial charge in [0, 0.05) is 28.9 Å². The number of phenols is 1. The first-order valence-corrected chi connectivity index (χ1v) is 9.53. The Morgan fingerprint density at radius 1 is 1.26 bits per heavy atom. The van der Waals surface area contributed by atoms with Crippen LogP contribution in [-0.4, -0.2) is 46.1 Å². The Morgan fingerprint density at radius 2 is 2.04 bits per heavy atom. The number of carbonyl (C=O) groups is 1. The number of ketones is 1. The normalized spacial score (nSPS) is 16.6. The molecule has 0 saturated heterocycles. The van der Waals surface area contributed by atoms with Crippen LogP contribution in [-0.2, 0) is 13.0 Å². The number of aromatic nitrogens is 1. The summed E-state index contributed by atoms with van der Waals surface area (Å²) in [7, 11) is 4.12. The van der Waals surface area contributed by atoms with Crippen LogP contribution in [0.5, 0.6) is 5.75 Å². The third-order valence-electron chi connectivity index (χ3n) is 5.69. The lowest BCUT2D eigenvalue weighted by Gasteiger charge is -2.12. The number of nitrogens with zero attached hydrogens (tertiary/aromatic N) is 2. The van der Waals surface area contributed by atoms with Crippen molar-refractivity contribution in [1.82, 2.24) is 9.47 Å². The summed E-state index contributed by atoms with van der Waals surface area (Å²) in [5.74, 6) is -0.112. The second-order valence-corrected chi connectivity index (χ2v) is 7.83. The van der Waals surface area contributed by atoms with Gasteiger partial charge < -0.3 is 19.7 Å². The molecular formula is C22H26N2O3. The molecule has 0 saturated carbocycles. The Balaban J connectivity index is 2.00. The third kappa shape index (κ3) is 2.91. The predicted octanol–water partition coefficient (Wildman–Crippen LogP) is 3.63. The fraction of sp³-hybridized carbons (Fsp3) is 0.409. The highest BCUT2D eigenvalue weighted by Gasteiger charge is 2.26. The van der Waals surface area contributed by atoms with Gasteiger partial charge >= 0.3 is 0 Å². The quantitative estimate of drug-likeness (QED) is 0.677. The average molecular weight is 366 g/mol. The monoisotopic (exact) mass is 366 g/mol. The molecule has 0 fully saturated rings. The van der Waals surface area contributed by atoms with Crippen LogP contribution in [0.1, 0.15) is 47.4 Å². The number of aromatic hydroxyl groups is 1. The van der Waals surface area contributed by atoms with Crippen LogP contribution in [0.3, 0.4) is 0 Å². The molecule has 5 nitrogen and oxygen atoms in total. The van der Waals surface area contributed by atoms with Crippen molar-refractivity contribution in [3.63, 3.8) is 0 Å². The van der Waals surface area contributed by atoms with E-state index in [0.29, 0.717) is 5.56 Å². The zero-order chi connectivity index (χ0) is 19.3. The molecule has 0 aliphatic heterocycles. The Labute approximate surface area is 158 Å². The molecule has 0 bridgehead atoms. The molecular weight excluding hydrogens is 340 g/mol. The molecule has 0 radical (unpaired) electrons. The molecule has 2 aromatic carbocycles. The van der Waals surface area contributed by atoms with Gasteiger partial charge in [-0.3, -0.25) is 4.79 Å². The number of phenolic OH excluding ortho intramolecular Hbond substituents is 1. The molecule has 1 unspecified atom stereocenters. The zero-order valence-corrected chi connectivity index (χ0v) is 16.1. The molecule has 1 aliphatic carbocycles. The van der Waals surface area contributed by atoms with Crippen LogP contribution < -0.4 is 0 Å². The van der Waals surface area contributed by atoms with E-state index >= 15 is 0 Å². The van der Waals surface area contributed by atoms with Crippen LogP contribution in [0.4, 0.5) is 0 Å². The molecule has 2 N–H and O–H groups in total. The first-order chi connectivity index (χ1) is 12.9. The number of aryl methyl sites for hydroxylation is 2. The van der Waals surface area contributed by atoms with Crippen molar-refractivity contribution < 1.29 is 15.0 Å². The van der Waals surface area contributed by atoms with Gasteiger partial charge in [-0.15, -0.1) is 0 Å². The molecule has 3 aromatic rings. The highest BCUT2D eigenvalue weighted by molar-refractivity contribution is 6.13. The van der Waals surface area contributed by atoms with Gasteiger partial charge in [0.15, 0.2) is 5.78 Å². The summed E-state index contributed by atoms with van der Waals surface area (Å²) in [4.78, 5) is 14.1. The van der Waals surface area contributed by atoms with Crippen molar-refractivity contribution in [3.05, 3.63) is 41.0 Å². The topological polar surface area (TPSA) is 65.7 Å². The predicted molar refractivity (Wildman–Crippen MR) is 108 cm³/mol. The van der Waals surface area contributed by atoms with E-state index in [1.54, 1.807) is 6.07 Å². The molecule has 27 heavy (non-hydrogen) atoms. The first kappa shape index (κ1) is 18.0. The number of aliphatic hydroxyl groups excluding tert-OH is 1.